The molecule has 1 aromatic heterocycles. The first-order valence-electron chi connectivity index (χ1n) is 13.8. The molecule has 1 atom stereocenters. The number of hydrogen-bond donors (Lipinski definition) is 3. The largest absolute Gasteiger partial charge is 0.772 e. The van der Waals surface area contributed by atoms with Crippen molar-refractivity contribution >= 4 is 39.9 Å². The Bertz CT molecular complexity index is 1670. The number of anilines is 5. The topological polar surface area (TPSA) is 140 Å². The highest BCUT2D eigenvalue weighted by atomic mass is 32.2. The fraction of sp³-hybridized carbons (Fsp3) is 0.258. The molecule has 43 heavy (non-hydrogen) atoms. The zero-order valence-corrected chi connectivity index (χ0v) is 24.4. The Kier molecular flexibility index (Phi) is 9.58. The van der Waals surface area contributed by atoms with Crippen molar-refractivity contribution in [2.45, 2.75) is 25.8 Å². The third kappa shape index (κ3) is 7.15. The first-order valence-corrected chi connectivity index (χ1v) is 15.0. The maximum absolute atomic E-state index is 15.5. The molecule has 2 heterocycles. The molecule has 1 saturated heterocycles. The maximum Gasteiger partial charge on any atom is 0.229 e. The van der Waals surface area contributed by atoms with Crippen LogP contribution in [0.3, 0.4) is 0 Å². The van der Waals surface area contributed by atoms with Gasteiger partial charge < -0.3 is 30.1 Å². The summed E-state index contributed by atoms with van der Waals surface area (Å²) in [6.45, 7) is 4.94. The quantitative estimate of drug-likeness (QED) is 0.227. The molecule has 0 spiro atoms. The van der Waals surface area contributed by atoms with Gasteiger partial charge in [-0.2, -0.15) is 10.2 Å². The summed E-state index contributed by atoms with van der Waals surface area (Å²) in [5.41, 5.74) is 5.22. The van der Waals surface area contributed by atoms with Gasteiger partial charge in [-0.25, -0.2) is 9.37 Å². The predicted molar refractivity (Wildman–Crippen MR) is 164 cm³/mol. The van der Waals surface area contributed by atoms with E-state index in [-0.39, 0.29) is 30.7 Å². The molecule has 1 fully saturated rings. The summed E-state index contributed by atoms with van der Waals surface area (Å²) in [5.74, 6) is -0.751. The third-order valence-electron chi connectivity index (χ3n) is 7.26. The monoisotopic (exact) mass is 600 g/mol. The zero-order chi connectivity index (χ0) is 30.3. The molecule has 4 aromatic rings. The summed E-state index contributed by atoms with van der Waals surface area (Å²) in [4.78, 5) is 12.5. The SMILES string of the molecule is Cc1ccc(CO)cc1N(Cc1ccccc1C#N)c1nc(Nc2ccc(N3CCNCC3)c(CS(=O)[O-])c2)ncc1F. The highest BCUT2D eigenvalue weighted by Crippen LogP contribution is 2.34. The fourth-order valence-corrected chi connectivity index (χ4v) is 5.60. The fourth-order valence-electron chi connectivity index (χ4n) is 5.11. The average Bonchev–Trinajstić information content (AvgIpc) is 3.02. The van der Waals surface area contributed by atoms with E-state index in [1.165, 1.54) is 0 Å². The molecule has 5 rings (SSSR count). The number of benzene rings is 3. The van der Waals surface area contributed by atoms with Crippen LogP contribution in [-0.4, -0.2) is 50.0 Å². The highest BCUT2D eigenvalue weighted by molar-refractivity contribution is 7.78. The van der Waals surface area contributed by atoms with Crippen molar-refractivity contribution in [3.05, 3.63) is 100 Å². The van der Waals surface area contributed by atoms with Gasteiger partial charge in [0.05, 0.1) is 31.0 Å². The van der Waals surface area contributed by atoms with Crippen LogP contribution in [0.25, 0.3) is 0 Å². The van der Waals surface area contributed by atoms with Crippen LogP contribution in [0.2, 0.25) is 0 Å². The number of piperazine rings is 1. The van der Waals surface area contributed by atoms with Crippen molar-refractivity contribution in [3.8, 4) is 6.07 Å². The number of rotatable bonds is 10. The van der Waals surface area contributed by atoms with Crippen LogP contribution in [0.5, 0.6) is 0 Å². The molecule has 0 bridgehead atoms. The number of nitrogens with one attached hydrogen (secondary N) is 2. The van der Waals surface area contributed by atoms with Gasteiger partial charge in [-0.05, 0) is 59.5 Å². The summed E-state index contributed by atoms with van der Waals surface area (Å²) in [7, 11) is 0. The second-order valence-electron chi connectivity index (χ2n) is 10.2. The second-order valence-corrected chi connectivity index (χ2v) is 11.0. The number of halogens is 1. The van der Waals surface area contributed by atoms with Crippen molar-refractivity contribution in [2.75, 3.05) is 41.3 Å². The first-order chi connectivity index (χ1) is 20.9. The lowest BCUT2D eigenvalue weighted by atomic mass is 10.1. The number of aliphatic hydroxyl groups is 1. The summed E-state index contributed by atoms with van der Waals surface area (Å²) < 4.78 is 38.9. The minimum Gasteiger partial charge on any atom is -0.772 e. The van der Waals surface area contributed by atoms with Gasteiger partial charge in [0.25, 0.3) is 0 Å². The summed E-state index contributed by atoms with van der Waals surface area (Å²) >= 11 is -2.30. The minimum atomic E-state index is -2.30. The van der Waals surface area contributed by atoms with Crippen LogP contribution in [0.15, 0.2) is 66.9 Å². The highest BCUT2D eigenvalue weighted by Gasteiger charge is 2.22. The first kappa shape index (κ1) is 30.1. The Morgan fingerprint density at radius 2 is 1.95 bits per heavy atom. The number of hydrogen-bond acceptors (Lipinski definition) is 10. The van der Waals surface area contributed by atoms with Crippen LogP contribution in [0.4, 0.5) is 33.2 Å². The normalized spacial score (nSPS) is 13.8. The number of aromatic nitrogens is 2. The van der Waals surface area contributed by atoms with E-state index in [2.05, 4.69) is 31.6 Å². The van der Waals surface area contributed by atoms with Gasteiger partial charge in [-0.1, -0.05) is 41.4 Å². The van der Waals surface area contributed by atoms with Crippen LogP contribution < -0.4 is 20.4 Å². The maximum atomic E-state index is 15.5. The third-order valence-corrected chi connectivity index (χ3v) is 7.81. The molecule has 1 unspecified atom stereocenters. The van der Waals surface area contributed by atoms with E-state index >= 15 is 4.39 Å². The van der Waals surface area contributed by atoms with Gasteiger partial charge in [0, 0.05) is 49.0 Å². The van der Waals surface area contributed by atoms with Gasteiger partial charge in [-0.15, -0.1) is 0 Å². The molecule has 222 valence electrons. The van der Waals surface area contributed by atoms with E-state index < -0.39 is 16.9 Å². The molecular formula is C31H31FN7O3S-. The van der Waals surface area contributed by atoms with Crippen molar-refractivity contribution in [1.29, 1.82) is 5.26 Å². The lowest BCUT2D eigenvalue weighted by Crippen LogP contribution is -2.43. The van der Waals surface area contributed by atoms with E-state index in [4.69, 9.17) is 0 Å². The summed E-state index contributed by atoms with van der Waals surface area (Å²) in [5, 5.41) is 25.9. The Labute approximate surface area is 252 Å². The van der Waals surface area contributed by atoms with Crippen LogP contribution in [0, 0.1) is 24.1 Å². The molecular weight excluding hydrogens is 569 g/mol. The van der Waals surface area contributed by atoms with Gasteiger partial charge >= 0.3 is 0 Å². The summed E-state index contributed by atoms with van der Waals surface area (Å²) in [6, 6.07) is 20.1. The lowest BCUT2D eigenvalue weighted by molar-refractivity contribution is 0.282. The lowest BCUT2D eigenvalue weighted by Gasteiger charge is -2.31. The van der Waals surface area contributed by atoms with Gasteiger partial charge in [0.15, 0.2) is 11.6 Å². The van der Waals surface area contributed by atoms with E-state index in [0.29, 0.717) is 33.6 Å². The minimum absolute atomic E-state index is 0.0262. The van der Waals surface area contributed by atoms with Gasteiger partial charge in [-0.3, -0.25) is 4.21 Å². The van der Waals surface area contributed by atoms with Crippen LogP contribution in [-0.2, 0) is 30.0 Å². The molecule has 0 saturated carbocycles. The van der Waals surface area contributed by atoms with Crippen LogP contribution in [0.1, 0.15) is 27.8 Å². The van der Waals surface area contributed by atoms with Crippen molar-refractivity contribution in [2.24, 2.45) is 0 Å². The van der Waals surface area contributed by atoms with E-state index in [0.717, 1.165) is 43.6 Å². The Balaban J connectivity index is 1.53. The molecule has 0 aliphatic carbocycles. The molecule has 3 N–H and O–H groups in total. The Hall–Kier alpha value is -4.41. The Morgan fingerprint density at radius 1 is 1.16 bits per heavy atom. The number of nitrogens with zero attached hydrogens (tertiary/aromatic N) is 5. The number of aryl methyl sites for hydroxylation is 1. The standard InChI is InChI=1S/C31H32FN7O3S/c1-21-6-7-22(19-40)14-29(21)39(18-24-5-3-2-4-23(24)16-33)30-27(32)17-35-31(37-30)36-26-8-9-28(25(15-26)20-43(41)42)38-12-10-34-11-13-38/h2-9,14-15,17,34,40H,10-13,18-20H2,1H3,(H,41,42)(H,35,36,37)/p-1. The van der Waals surface area contributed by atoms with Crippen molar-refractivity contribution < 1.29 is 18.3 Å². The van der Waals surface area contributed by atoms with E-state index in [1.54, 1.807) is 41.3 Å². The molecule has 1 aliphatic rings. The van der Waals surface area contributed by atoms with E-state index in [9.17, 15) is 19.1 Å². The Morgan fingerprint density at radius 3 is 2.70 bits per heavy atom. The second kappa shape index (κ2) is 13.7. The predicted octanol–water partition coefficient (Wildman–Crippen LogP) is 4.16. The molecule has 1 aliphatic heterocycles. The molecule has 10 nitrogen and oxygen atoms in total. The zero-order valence-electron chi connectivity index (χ0n) is 23.6. The molecule has 12 heteroatoms. The van der Waals surface area contributed by atoms with Crippen molar-refractivity contribution in [3.63, 3.8) is 0 Å². The van der Waals surface area contributed by atoms with Crippen molar-refractivity contribution in [1.82, 2.24) is 15.3 Å². The van der Waals surface area contributed by atoms with Gasteiger partial charge in [0.2, 0.25) is 5.95 Å². The van der Waals surface area contributed by atoms with Gasteiger partial charge in [0.1, 0.15) is 0 Å². The van der Waals surface area contributed by atoms with E-state index in [1.807, 2.05) is 31.2 Å². The van der Waals surface area contributed by atoms with Crippen LogP contribution >= 0.6 is 0 Å². The summed E-state index contributed by atoms with van der Waals surface area (Å²) in [6.07, 6.45) is 1.07. The molecule has 0 amide bonds. The smallest absolute Gasteiger partial charge is 0.229 e. The number of aliphatic hydroxyl groups excluding tert-OH is 1. The average molecular weight is 601 g/mol. The number of nitriles is 1. The molecule has 0 radical (unpaired) electrons. The molecule has 3 aromatic carbocycles.